The van der Waals surface area contributed by atoms with Crippen molar-refractivity contribution in [3.63, 3.8) is 0 Å². The van der Waals surface area contributed by atoms with Gasteiger partial charge >= 0.3 is 6.09 Å². The molecule has 0 saturated heterocycles. The second-order valence-corrected chi connectivity index (χ2v) is 3.22. The van der Waals surface area contributed by atoms with Gasteiger partial charge < -0.3 is 10.8 Å². The fourth-order valence-electron chi connectivity index (χ4n) is 1.15. The molecule has 86 valence electrons. The van der Waals surface area contributed by atoms with Crippen LogP contribution in [0.15, 0.2) is 24.3 Å². The van der Waals surface area contributed by atoms with E-state index in [-0.39, 0.29) is 5.69 Å². The molecule has 0 aromatic heterocycles. The van der Waals surface area contributed by atoms with Crippen molar-refractivity contribution < 1.29 is 19.1 Å². The Morgan fingerprint density at radius 3 is 2.56 bits per heavy atom. The number of halogens is 1. The van der Waals surface area contributed by atoms with E-state index in [1.807, 2.05) is 0 Å². The van der Waals surface area contributed by atoms with E-state index in [2.05, 4.69) is 0 Å². The van der Waals surface area contributed by atoms with E-state index >= 15 is 0 Å². The Labute approximate surface area is 91.3 Å². The standard InChI is InChI=1S/C10H11FN2O3/c1-6(12)9(14)13(10(15)16)8-4-2-3-7(11)5-8/h2-6H,12H2,1H3,(H,15,16)/t6-/m0/s1. The molecule has 0 unspecified atom stereocenters. The van der Waals surface area contributed by atoms with Crippen molar-refractivity contribution in [3.05, 3.63) is 30.1 Å². The Balaban J connectivity index is 3.13. The second kappa shape index (κ2) is 4.71. The highest BCUT2D eigenvalue weighted by Crippen LogP contribution is 2.16. The summed E-state index contributed by atoms with van der Waals surface area (Å²) in [6, 6.07) is 3.76. The average molecular weight is 226 g/mol. The minimum atomic E-state index is -1.49. The number of hydrogen-bond donors (Lipinski definition) is 2. The summed E-state index contributed by atoms with van der Waals surface area (Å²) in [6.45, 7) is 1.36. The Kier molecular flexibility index (Phi) is 3.57. The molecule has 2 amide bonds. The van der Waals surface area contributed by atoms with Crippen LogP contribution in [0, 0.1) is 5.82 Å². The van der Waals surface area contributed by atoms with Crippen LogP contribution in [0.3, 0.4) is 0 Å². The van der Waals surface area contributed by atoms with Crippen LogP contribution < -0.4 is 10.6 Å². The minimum absolute atomic E-state index is 0.0604. The molecule has 0 heterocycles. The fourth-order valence-corrected chi connectivity index (χ4v) is 1.15. The molecule has 1 atom stereocenters. The van der Waals surface area contributed by atoms with Gasteiger partial charge in [0.2, 0.25) is 0 Å². The predicted molar refractivity (Wildman–Crippen MR) is 55.6 cm³/mol. The maximum Gasteiger partial charge on any atom is 0.418 e. The molecular formula is C10H11FN2O3. The lowest BCUT2D eigenvalue weighted by Crippen LogP contribution is -2.45. The van der Waals surface area contributed by atoms with E-state index in [9.17, 15) is 14.0 Å². The van der Waals surface area contributed by atoms with E-state index in [1.54, 1.807) is 0 Å². The quantitative estimate of drug-likeness (QED) is 0.793. The van der Waals surface area contributed by atoms with E-state index in [0.717, 1.165) is 12.1 Å². The van der Waals surface area contributed by atoms with Gasteiger partial charge in [0.15, 0.2) is 0 Å². The fraction of sp³-hybridized carbons (Fsp3) is 0.200. The zero-order valence-electron chi connectivity index (χ0n) is 8.55. The molecule has 0 spiro atoms. The van der Waals surface area contributed by atoms with Crippen molar-refractivity contribution in [1.82, 2.24) is 0 Å². The summed E-state index contributed by atoms with van der Waals surface area (Å²) >= 11 is 0. The molecule has 0 aliphatic heterocycles. The molecule has 16 heavy (non-hydrogen) atoms. The van der Waals surface area contributed by atoms with Gasteiger partial charge in [-0.2, -0.15) is 0 Å². The third-order valence-corrected chi connectivity index (χ3v) is 1.87. The summed E-state index contributed by atoms with van der Waals surface area (Å²) in [5.74, 6) is -1.43. The number of carbonyl (C=O) groups is 2. The van der Waals surface area contributed by atoms with Crippen LogP contribution in [0.1, 0.15) is 6.92 Å². The van der Waals surface area contributed by atoms with Crippen LogP contribution in [0.4, 0.5) is 14.9 Å². The summed E-state index contributed by atoms with van der Waals surface area (Å²) in [5, 5.41) is 8.86. The third kappa shape index (κ3) is 2.54. The van der Waals surface area contributed by atoms with Gasteiger partial charge in [-0.25, -0.2) is 14.1 Å². The SMILES string of the molecule is C[C@H](N)C(=O)N(C(=O)O)c1cccc(F)c1. The number of rotatable bonds is 2. The van der Waals surface area contributed by atoms with Crippen LogP contribution >= 0.6 is 0 Å². The molecule has 0 saturated carbocycles. The number of hydrogen-bond acceptors (Lipinski definition) is 3. The number of benzene rings is 1. The molecule has 6 heteroatoms. The molecule has 0 fully saturated rings. The number of carbonyl (C=O) groups excluding carboxylic acids is 1. The van der Waals surface area contributed by atoms with Crippen LogP contribution in [0.2, 0.25) is 0 Å². The first kappa shape index (κ1) is 12.1. The first-order valence-corrected chi connectivity index (χ1v) is 4.51. The molecule has 3 N–H and O–H groups in total. The van der Waals surface area contributed by atoms with Crippen LogP contribution in [-0.2, 0) is 4.79 Å². The lowest BCUT2D eigenvalue weighted by Gasteiger charge is -2.19. The van der Waals surface area contributed by atoms with E-state index in [1.165, 1.54) is 19.1 Å². The maximum atomic E-state index is 12.9. The number of nitrogens with two attached hydrogens (primary N) is 1. The van der Waals surface area contributed by atoms with Crippen LogP contribution in [-0.4, -0.2) is 23.1 Å². The van der Waals surface area contributed by atoms with Crippen molar-refractivity contribution in [3.8, 4) is 0 Å². The van der Waals surface area contributed by atoms with Crippen LogP contribution in [0.5, 0.6) is 0 Å². The molecule has 0 radical (unpaired) electrons. The van der Waals surface area contributed by atoms with Gasteiger partial charge in [-0.05, 0) is 25.1 Å². The third-order valence-electron chi connectivity index (χ3n) is 1.87. The molecular weight excluding hydrogens is 215 g/mol. The smallest absolute Gasteiger partial charge is 0.418 e. The largest absolute Gasteiger partial charge is 0.464 e. The number of carboxylic acid groups (broad SMARTS) is 1. The van der Waals surface area contributed by atoms with Gasteiger partial charge in [-0.3, -0.25) is 4.79 Å². The number of imide groups is 1. The molecule has 1 aromatic rings. The summed E-state index contributed by atoms with van der Waals surface area (Å²) in [4.78, 5) is 22.8. The number of amides is 2. The Hall–Kier alpha value is -1.95. The maximum absolute atomic E-state index is 12.9. The van der Waals surface area contributed by atoms with Crippen molar-refractivity contribution in [2.24, 2.45) is 5.73 Å². The average Bonchev–Trinajstić information content (AvgIpc) is 2.17. The highest BCUT2D eigenvalue weighted by atomic mass is 19.1. The Morgan fingerprint density at radius 1 is 1.50 bits per heavy atom. The van der Waals surface area contributed by atoms with Gasteiger partial charge in [-0.1, -0.05) is 6.07 Å². The lowest BCUT2D eigenvalue weighted by molar-refractivity contribution is -0.118. The summed E-state index contributed by atoms with van der Waals surface area (Å²) in [7, 11) is 0. The molecule has 1 aromatic carbocycles. The monoisotopic (exact) mass is 226 g/mol. The zero-order valence-corrected chi connectivity index (χ0v) is 8.55. The topological polar surface area (TPSA) is 83.6 Å². The van der Waals surface area contributed by atoms with Crippen molar-refractivity contribution in [2.75, 3.05) is 4.90 Å². The molecule has 0 bridgehead atoms. The Morgan fingerprint density at radius 2 is 2.12 bits per heavy atom. The van der Waals surface area contributed by atoms with Crippen LogP contribution in [0.25, 0.3) is 0 Å². The predicted octanol–water partition coefficient (Wildman–Crippen LogP) is 1.18. The van der Waals surface area contributed by atoms with Gasteiger partial charge in [-0.15, -0.1) is 0 Å². The second-order valence-electron chi connectivity index (χ2n) is 3.22. The first-order valence-electron chi connectivity index (χ1n) is 4.51. The highest BCUT2D eigenvalue weighted by Gasteiger charge is 2.25. The van der Waals surface area contributed by atoms with Crippen molar-refractivity contribution >= 4 is 17.7 Å². The highest BCUT2D eigenvalue weighted by molar-refractivity contribution is 6.13. The number of nitrogens with zero attached hydrogens (tertiary/aromatic N) is 1. The lowest BCUT2D eigenvalue weighted by atomic mass is 10.2. The van der Waals surface area contributed by atoms with Gasteiger partial charge in [0.25, 0.3) is 5.91 Å². The van der Waals surface area contributed by atoms with Gasteiger partial charge in [0.05, 0.1) is 11.7 Å². The number of anilines is 1. The first-order chi connectivity index (χ1) is 7.43. The molecule has 0 aliphatic carbocycles. The van der Waals surface area contributed by atoms with Gasteiger partial charge in [0, 0.05) is 0 Å². The normalized spacial score (nSPS) is 11.9. The summed E-state index contributed by atoms with van der Waals surface area (Å²) in [6.07, 6.45) is -1.49. The van der Waals surface area contributed by atoms with Crippen molar-refractivity contribution in [2.45, 2.75) is 13.0 Å². The molecule has 5 nitrogen and oxygen atoms in total. The van der Waals surface area contributed by atoms with Gasteiger partial charge in [0.1, 0.15) is 5.82 Å². The zero-order chi connectivity index (χ0) is 12.3. The molecule has 0 aliphatic rings. The summed E-state index contributed by atoms with van der Waals surface area (Å²) in [5.41, 5.74) is 5.24. The van der Waals surface area contributed by atoms with E-state index in [4.69, 9.17) is 10.8 Å². The summed E-state index contributed by atoms with van der Waals surface area (Å²) < 4.78 is 12.9. The Bertz CT molecular complexity index is 420. The van der Waals surface area contributed by atoms with Crippen molar-refractivity contribution in [1.29, 1.82) is 0 Å². The van der Waals surface area contributed by atoms with E-state index < -0.39 is 23.9 Å². The molecule has 1 rings (SSSR count). The van der Waals surface area contributed by atoms with E-state index in [0.29, 0.717) is 4.90 Å². The minimum Gasteiger partial charge on any atom is -0.464 e.